The second kappa shape index (κ2) is 30.0. The smallest absolute Gasteiger partial charge is 0.343 e. The van der Waals surface area contributed by atoms with Crippen LogP contribution in [0.1, 0.15) is 174 Å². The number of hydrazone groups is 1. The average Bonchev–Trinajstić information content (AvgIpc) is 3.28. The highest BCUT2D eigenvalue weighted by atomic mass is 16.5. The van der Waals surface area contributed by atoms with Gasteiger partial charge in [0.25, 0.3) is 5.91 Å². The van der Waals surface area contributed by atoms with Crippen molar-refractivity contribution in [1.82, 2.24) is 5.43 Å². The van der Waals surface area contributed by atoms with Crippen LogP contribution in [-0.4, -0.2) is 31.3 Å². The first kappa shape index (κ1) is 47.6. The molecule has 0 fully saturated rings. The molecule has 0 unspecified atom stereocenters. The highest BCUT2D eigenvalue weighted by Crippen LogP contribution is 2.20. The summed E-state index contributed by atoms with van der Waals surface area (Å²) in [7, 11) is 0. The largest absolute Gasteiger partial charge is 0.494 e. The minimum absolute atomic E-state index is 0.341. The van der Waals surface area contributed by atoms with Crippen LogP contribution >= 0.6 is 0 Å². The van der Waals surface area contributed by atoms with Gasteiger partial charge in [-0.1, -0.05) is 142 Å². The van der Waals surface area contributed by atoms with Crippen LogP contribution in [0.15, 0.2) is 102 Å². The molecule has 4 aromatic carbocycles. The summed E-state index contributed by atoms with van der Waals surface area (Å²) in [6.07, 6.45) is 27.5. The molecule has 0 radical (unpaired) electrons. The number of benzene rings is 4. The molecule has 8 heteroatoms. The van der Waals surface area contributed by atoms with Crippen molar-refractivity contribution in [2.45, 2.75) is 149 Å². The molecule has 0 saturated heterocycles. The van der Waals surface area contributed by atoms with Crippen LogP contribution in [0, 0.1) is 0 Å². The van der Waals surface area contributed by atoms with Crippen molar-refractivity contribution in [3.05, 3.63) is 119 Å². The highest BCUT2D eigenvalue weighted by Gasteiger charge is 2.10. The molecule has 4 rings (SSSR count). The van der Waals surface area contributed by atoms with Crippen molar-refractivity contribution in [3.63, 3.8) is 0 Å². The molecular weight excluding hydrogens is 749 g/mol. The Kier molecular flexibility index (Phi) is 23.8. The molecule has 8 nitrogen and oxygen atoms in total. The van der Waals surface area contributed by atoms with Crippen molar-refractivity contribution >= 4 is 18.1 Å². The maximum Gasteiger partial charge on any atom is 0.343 e. The van der Waals surface area contributed by atoms with Gasteiger partial charge in [0, 0.05) is 5.56 Å². The summed E-state index contributed by atoms with van der Waals surface area (Å²) in [5.41, 5.74) is 5.22. The van der Waals surface area contributed by atoms with Gasteiger partial charge in [-0.2, -0.15) is 5.10 Å². The number of hydrogen-bond acceptors (Lipinski definition) is 7. The molecular formula is C52H70N2O6. The lowest BCUT2D eigenvalue weighted by molar-refractivity contribution is 0.0734. The molecule has 0 aliphatic carbocycles. The Morgan fingerprint density at radius 1 is 0.467 bits per heavy atom. The first-order chi connectivity index (χ1) is 29.5. The lowest BCUT2D eigenvalue weighted by Crippen LogP contribution is -2.17. The summed E-state index contributed by atoms with van der Waals surface area (Å²) in [5, 5.41) is 4.09. The van der Waals surface area contributed by atoms with Crippen LogP contribution in [0.5, 0.6) is 23.0 Å². The van der Waals surface area contributed by atoms with Crippen LogP contribution < -0.4 is 24.4 Å². The molecule has 4 aromatic rings. The Morgan fingerprint density at radius 3 is 1.35 bits per heavy atom. The highest BCUT2D eigenvalue weighted by molar-refractivity contribution is 5.95. The molecule has 0 aliphatic heterocycles. The molecule has 0 saturated carbocycles. The first-order valence-electron chi connectivity index (χ1n) is 22.9. The van der Waals surface area contributed by atoms with Gasteiger partial charge in [-0.15, -0.1) is 0 Å². The molecule has 1 N–H and O–H groups in total. The first-order valence-corrected chi connectivity index (χ1v) is 22.9. The van der Waals surface area contributed by atoms with Crippen molar-refractivity contribution in [1.29, 1.82) is 0 Å². The summed E-state index contributed by atoms with van der Waals surface area (Å²) < 4.78 is 23.3. The molecule has 0 aliphatic rings. The number of unbranched alkanes of at least 4 members (excludes halogenated alkanes) is 18. The van der Waals surface area contributed by atoms with E-state index in [-0.39, 0.29) is 5.91 Å². The summed E-state index contributed by atoms with van der Waals surface area (Å²) in [4.78, 5) is 25.4. The predicted octanol–water partition coefficient (Wildman–Crippen LogP) is 13.8. The third-order valence-electron chi connectivity index (χ3n) is 10.5. The van der Waals surface area contributed by atoms with Crippen LogP contribution in [0.4, 0.5) is 0 Å². The maximum absolute atomic E-state index is 12.7. The Balaban J connectivity index is 1.05. The van der Waals surface area contributed by atoms with E-state index < -0.39 is 5.97 Å². The monoisotopic (exact) mass is 819 g/mol. The zero-order chi connectivity index (χ0) is 42.3. The summed E-state index contributed by atoms with van der Waals surface area (Å²) in [6, 6.07) is 28.9. The second-order valence-electron chi connectivity index (χ2n) is 15.7. The van der Waals surface area contributed by atoms with Gasteiger partial charge < -0.3 is 18.9 Å². The molecule has 1 amide bonds. The topological polar surface area (TPSA) is 95.5 Å². The molecule has 0 aromatic heterocycles. The zero-order valence-corrected chi connectivity index (χ0v) is 36.5. The number of nitrogens with zero attached hydrogens (tertiary/aromatic N) is 1. The maximum atomic E-state index is 12.7. The third-order valence-corrected chi connectivity index (χ3v) is 10.5. The standard InChI is InChI=1S/C52H70N2O6/c1-3-5-7-9-11-13-14-15-16-18-20-22-40-58-48-37-29-46(30-38-48)52(56)60-50-33-23-43(24-34-50)41-53-54-51(55)45-27-35-49(36-28-45)59-42-44-25-31-47(32-26-44)57-39-21-19-17-12-10-8-6-4-2/h23-38,41H,3-22,39-40,42H2,1-2H3,(H,54,55)/b53-41+. The summed E-state index contributed by atoms with van der Waals surface area (Å²) >= 11 is 0. The van der Waals surface area contributed by atoms with Gasteiger partial charge in [-0.25, -0.2) is 10.2 Å². The van der Waals surface area contributed by atoms with E-state index >= 15 is 0 Å². The van der Waals surface area contributed by atoms with E-state index in [4.69, 9.17) is 18.9 Å². The quantitative estimate of drug-likeness (QED) is 0.0173. The number of ether oxygens (including phenoxy) is 4. The van der Waals surface area contributed by atoms with Gasteiger partial charge >= 0.3 is 5.97 Å². The number of esters is 1. The van der Waals surface area contributed by atoms with E-state index in [0.29, 0.717) is 35.8 Å². The average molecular weight is 819 g/mol. The predicted molar refractivity (Wildman–Crippen MR) is 245 cm³/mol. The van der Waals surface area contributed by atoms with Gasteiger partial charge in [-0.3, -0.25) is 4.79 Å². The van der Waals surface area contributed by atoms with Crippen molar-refractivity contribution in [3.8, 4) is 23.0 Å². The molecule has 0 bridgehead atoms. The van der Waals surface area contributed by atoms with Crippen LogP contribution in [0.3, 0.4) is 0 Å². The third kappa shape index (κ3) is 20.2. The van der Waals surface area contributed by atoms with E-state index in [1.165, 1.54) is 122 Å². The number of carbonyl (C=O) groups is 2. The molecule has 324 valence electrons. The number of carbonyl (C=O) groups excluding carboxylic acids is 2. The van der Waals surface area contributed by atoms with Gasteiger partial charge in [0.1, 0.15) is 29.6 Å². The lowest BCUT2D eigenvalue weighted by atomic mass is 10.1. The molecule has 0 spiro atoms. The van der Waals surface area contributed by atoms with E-state index in [1.807, 2.05) is 36.4 Å². The Morgan fingerprint density at radius 2 is 0.867 bits per heavy atom. The minimum Gasteiger partial charge on any atom is -0.494 e. The van der Waals surface area contributed by atoms with Gasteiger partial charge in [0.2, 0.25) is 0 Å². The molecule has 0 heterocycles. The van der Waals surface area contributed by atoms with Crippen LogP contribution in [0.25, 0.3) is 0 Å². The van der Waals surface area contributed by atoms with E-state index in [9.17, 15) is 9.59 Å². The Labute approximate surface area is 360 Å². The fourth-order valence-corrected chi connectivity index (χ4v) is 6.82. The second-order valence-corrected chi connectivity index (χ2v) is 15.7. The SMILES string of the molecule is CCCCCCCCCCCCCCOc1ccc(C(=O)Oc2ccc(/C=N/NC(=O)c3ccc(OCc4ccc(OCCCCCCCCCC)cc4)cc3)cc2)cc1. The number of amides is 1. The van der Waals surface area contributed by atoms with Gasteiger partial charge in [0.15, 0.2) is 0 Å². The lowest BCUT2D eigenvalue weighted by Gasteiger charge is -2.09. The number of nitrogens with one attached hydrogen (secondary N) is 1. The summed E-state index contributed by atoms with van der Waals surface area (Å²) in [6.45, 7) is 6.35. The van der Waals surface area contributed by atoms with E-state index in [1.54, 1.807) is 60.7 Å². The minimum atomic E-state index is -0.448. The molecule has 0 atom stereocenters. The zero-order valence-electron chi connectivity index (χ0n) is 36.5. The van der Waals surface area contributed by atoms with E-state index in [2.05, 4.69) is 24.4 Å². The summed E-state index contributed by atoms with van der Waals surface area (Å²) in [5.74, 6) is 1.91. The van der Waals surface area contributed by atoms with Crippen molar-refractivity contribution in [2.24, 2.45) is 5.10 Å². The molecule has 60 heavy (non-hydrogen) atoms. The van der Waals surface area contributed by atoms with E-state index in [0.717, 1.165) is 42.1 Å². The fourth-order valence-electron chi connectivity index (χ4n) is 6.82. The van der Waals surface area contributed by atoms with Gasteiger partial charge in [-0.05, 0) is 109 Å². The number of hydrogen-bond donors (Lipinski definition) is 1. The van der Waals surface area contributed by atoms with Crippen LogP contribution in [0.2, 0.25) is 0 Å². The van der Waals surface area contributed by atoms with Gasteiger partial charge in [0.05, 0.1) is 25.0 Å². The van der Waals surface area contributed by atoms with Crippen molar-refractivity contribution < 1.29 is 28.5 Å². The van der Waals surface area contributed by atoms with Crippen molar-refractivity contribution in [2.75, 3.05) is 13.2 Å². The Hall–Kier alpha value is -5.11. The Bertz CT molecular complexity index is 1750. The normalized spacial score (nSPS) is 11.1. The van der Waals surface area contributed by atoms with Crippen LogP contribution in [-0.2, 0) is 6.61 Å². The number of rotatable bonds is 32. The fraction of sp³-hybridized carbons (Fsp3) is 0.481.